The second-order valence-corrected chi connectivity index (χ2v) is 6.54. The second-order valence-electron chi connectivity index (χ2n) is 6.54. The van der Waals surface area contributed by atoms with Crippen molar-refractivity contribution in [3.63, 3.8) is 0 Å². The van der Waals surface area contributed by atoms with Crippen LogP contribution in [-0.2, 0) is 37.9 Å². The number of unbranched alkanes of at least 4 members (excludes halogenated alkanes) is 2. The lowest BCUT2D eigenvalue weighted by Gasteiger charge is -2.08. The second kappa shape index (κ2) is 28.7. The third-order valence-corrected chi connectivity index (χ3v) is 3.86. The molecular formula is C22H46O8. The summed E-state index contributed by atoms with van der Waals surface area (Å²) in [6.45, 7) is 14.4. The molecule has 182 valence electrons. The molecule has 0 aliphatic heterocycles. The molecule has 0 aromatic carbocycles. The Hall–Kier alpha value is -0.320. The summed E-state index contributed by atoms with van der Waals surface area (Å²) in [4.78, 5) is 0. The first-order valence-corrected chi connectivity index (χ1v) is 11.5. The van der Waals surface area contributed by atoms with Crippen LogP contribution in [-0.4, -0.2) is 106 Å². The molecule has 0 aliphatic rings. The number of ether oxygens (including phenoxy) is 8. The summed E-state index contributed by atoms with van der Waals surface area (Å²) >= 11 is 0. The molecule has 8 heteroatoms. The van der Waals surface area contributed by atoms with E-state index in [-0.39, 0.29) is 0 Å². The van der Waals surface area contributed by atoms with Crippen molar-refractivity contribution in [3.05, 3.63) is 0 Å². The van der Waals surface area contributed by atoms with E-state index in [1.54, 1.807) is 0 Å². The summed E-state index contributed by atoms with van der Waals surface area (Å²) in [7, 11) is 0. The van der Waals surface area contributed by atoms with E-state index in [9.17, 15) is 0 Å². The first-order valence-electron chi connectivity index (χ1n) is 11.5. The fourth-order valence-electron chi connectivity index (χ4n) is 2.30. The van der Waals surface area contributed by atoms with E-state index in [1.807, 2.05) is 6.92 Å². The summed E-state index contributed by atoms with van der Waals surface area (Å²) in [5, 5.41) is 0. The maximum atomic E-state index is 5.52. The molecule has 8 nitrogen and oxygen atoms in total. The van der Waals surface area contributed by atoms with Crippen LogP contribution < -0.4 is 0 Å². The van der Waals surface area contributed by atoms with E-state index in [1.165, 1.54) is 0 Å². The first kappa shape index (κ1) is 29.7. The molecule has 0 bridgehead atoms. The molecule has 0 atom stereocenters. The van der Waals surface area contributed by atoms with Crippen molar-refractivity contribution in [2.45, 2.75) is 39.5 Å². The van der Waals surface area contributed by atoms with Gasteiger partial charge < -0.3 is 37.9 Å². The fourth-order valence-corrected chi connectivity index (χ4v) is 2.30. The Balaban J connectivity index is 2.97. The van der Waals surface area contributed by atoms with Gasteiger partial charge >= 0.3 is 0 Å². The minimum atomic E-state index is 0.557. The molecular weight excluding hydrogens is 392 g/mol. The minimum absolute atomic E-state index is 0.557. The quantitative estimate of drug-likeness (QED) is 0.181. The average molecular weight is 439 g/mol. The van der Waals surface area contributed by atoms with Gasteiger partial charge in [0.05, 0.1) is 79.3 Å². The fraction of sp³-hybridized carbons (Fsp3) is 1.00. The lowest BCUT2D eigenvalue weighted by Crippen LogP contribution is -2.14. The van der Waals surface area contributed by atoms with Crippen molar-refractivity contribution < 1.29 is 37.9 Å². The molecule has 0 radical (unpaired) electrons. The zero-order valence-corrected chi connectivity index (χ0v) is 19.4. The molecule has 0 N–H and O–H groups in total. The Morgan fingerprint density at radius 2 is 0.600 bits per heavy atom. The van der Waals surface area contributed by atoms with Crippen molar-refractivity contribution in [1.82, 2.24) is 0 Å². The molecule has 0 unspecified atom stereocenters. The number of hydrogen-bond acceptors (Lipinski definition) is 8. The van der Waals surface area contributed by atoms with Crippen LogP contribution in [0.25, 0.3) is 0 Å². The number of rotatable bonds is 27. The Kier molecular flexibility index (Phi) is 28.4. The van der Waals surface area contributed by atoms with Gasteiger partial charge in [-0.3, -0.25) is 0 Å². The van der Waals surface area contributed by atoms with Gasteiger partial charge in [0.25, 0.3) is 0 Å². The monoisotopic (exact) mass is 438 g/mol. The van der Waals surface area contributed by atoms with Gasteiger partial charge in [0, 0.05) is 26.4 Å². The van der Waals surface area contributed by atoms with Crippen molar-refractivity contribution in [2.24, 2.45) is 0 Å². The van der Waals surface area contributed by atoms with Crippen LogP contribution in [0.3, 0.4) is 0 Å². The smallest absolute Gasteiger partial charge is 0.0701 e. The Labute approximate surface area is 183 Å². The molecule has 0 rings (SSSR count). The van der Waals surface area contributed by atoms with Crippen LogP contribution in [0.2, 0.25) is 0 Å². The van der Waals surface area contributed by atoms with Crippen LogP contribution in [0, 0.1) is 0 Å². The standard InChI is InChI=1S/C22H46O8/c1-3-8-24-11-13-26-15-17-28-19-21-30-22-20-29-18-16-27-14-12-25-10-7-5-6-9-23-4-2/h3-22H2,1-2H3. The third-order valence-electron chi connectivity index (χ3n) is 3.86. The average Bonchev–Trinajstić information content (AvgIpc) is 2.76. The maximum absolute atomic E-state index is 5.52. The summed E-state index contributed by atoms with van der Waals surface area (Å²) in [6.07, 6.45) is 4.36. The highest BCUT2D eigenvalue weighted by atomic mass is 16.6. The molecule has 0 spiro atoms. The van der Waals surface area contributed by atoms with E-state index >= 15 is 0 Å². The molecule has 0 aliphatic carbocycles. The van der Waals surface area contributed by atoms with E-state index in [2.05, 4.69) is 6.92 Å². The SMILES string of the molecule is CCCOCCOCCOCCOCCOCCOCCOCCCCCOCC. The van der Waals surface area contributed by atoms with Crippen molar-refractivity contribution >= 4 is 0 Å². The molecule has 0 fully saturated rings. The lowest BCUT2D eigenvalue weighted by atomic mass is 10.2. The van der Waals surface area contributed by atoms with Crippen LogP contribution in [0.15, 0.2) is 0 Å². The zero-order valence-electron chi connectivity index (χ0n) is 19.4. The minimum Gasteiger partial charge on any atom is -0.382 e. The van der Waals surface area contributed by atoms with Gasteiger partial charge in [0.15, 0.2) is 0 Å². The summed E-state index contributed by atoms with van der Waals surface area (Å²) < 4.78 is 43.3. The summed E-state index contributed by atoms with van der Waals surface area (Å²) in [5.41, 5.74) is 0. The highest BCUT2D eigenvalue weighted by Crippen LogP contribution is 1.96. The van der Waals surface area contributed by atoms with Crippen molar-refractivity contribution in [2.75, 3.05) is 106 Å². The zero-order chi connectivity index (χ0) is 21.8. The predicted molar refractivity (Wildman–Crippen MR) is 116 cm³/mol. The Bertz CT molecular complexity index is 266. The molecule has 0 aromatic heterocycles. The normalized spacial score (nSPS) is 11.4. The lowest BCUT2D eigenvalue weighted by molar-refractivity contribution is -0.0205. The van der Waals surface area contributed by atoms with Crippen LogP contribution in [0.5, 0.6) is 0 Å². The van der Waals surface area contributed by atoms with E-state index in [0.29, 0.717) is 79.3 Å². The number of hydrogen-bond donors (Lipinski definition) is 0. The van der Waals surface area contributed by atoms with Crippen molar-refractivity contribution in [3.8, 4) is 0 Å². The van der Waals surface area contributed by atoms with Crippen LogP contribution in [0.1, 0.15) is 39.5 Å². The largest absolute Gasteiger partial charge is 0.382 e. The molecule has 0 aromatic rings. The van der Waals surface area contributed by atoms with Gasteiger partial charge in [-0.1, -0.05) is 6.92 Å². The third kappa shape index (κ3) is 27.7. The van der Waals surface area contributed by atoms with Gasteiger partial charge in [-0.2, -0.15) is 0 Å². The molecule has 30 heavy (non-hydrogen) atoms. The van der Waals surface area contributed by atoms with Gasteiger partial charge in [-0.15, -0.1) is 0 Å². The van der Waals surface area contributed by atoms with Crippen LogP contribution >= 0.6 is 0 Å². The predicted octanol–water partition coefficient (Wildman–Crippen LogP) is 2.72. The van der Waals surface area contributed by atoms with Crippen molar-refractivity contribution in [1.29, 1.82) is 0 Å². The maximum Gasteiger partial charge on any atom is 0.0701 e. The Morgan fingerprint density at radius 1 is 0.300 bits per heavy atom. The summed E-state index contributed by atoms with van der Waals surface area (Å²) in [5.74, 6) is 0. The molecule has 0 heterocycles. The van der Waals surface area contributed by atoms with E-state index in [0.717, 1.165) is 52.1 Å². The van der Waals surface area contributed by atoms with E-state index < -0.39 is 0 Å². The van der Waals surface area contributed by atoms with Crippen LogP contribution in [0.4, 0.5) is 0 Å². The van der Waals surface area contributed by atoms with E-state index in [4.69, 9.17) is 37.9 Å². The van der Waals surface area contributed by atoms with Gasteiger partial charge in [-0.05, 0) is 32.6 Å². The molecule has 0 amide bonds. The molecule has 0 saturated heterocycles. The Morgan fingerprint density at radius 3 is 0.933 bits per heavy atom. The topological polar surface area (TPSA) is 73.8 Å². The summed E-state index contributed by atoms with van der Waals surface area (Å²) in [6, 6.07) is 0. The highest BCUT2D eigenvalue weighted by molar-refractivity contribution is 4.41. The first-order chi connectivity index (χ1) is 14.9. The van der Waals surface area contributed by atoms with Gasteiger partial charge in [0.1, 0.15) is 0 Å². The van der Waals surface area contributed by atoms with Gasteiger partial charge in [0.2, 0.25) is 0 Å². The van der Waals surface area contributed by atoms with Gasteiger partial charge in [-0.25, -0.2) is 0 Å². The highest BCUT2D eigenvalue weighted by Gasteiger charge is 1.95. The molecule has 0 saturated carbocycles.